The first-order chi connectivity index (χ1) is 7.94. The van der Waals surface area contributed by atoms with Gasteiger partial charge in [0.2, 0.25) is 11.8 Å². The molecule has 0 bridgehead atoms. The average Bonchev–Trinajstić information content (AvgIpc) is 2.72. The fourth-order valence-corrected chi connectivity index (χ4v) is 2.80. The van der Waals surface area contributed by atoms with Crippen molar-refractivity contribution in [2.45, 2.75) is 13.8 Å². The highest BCUT2D eigenvalue weighted by molar-refractivity contribution is 9.10. The van der Waals surface area contributed by atoms with Crippen LogP contribution in [0.4, 0.5) is 5.82 Å². The number of hydrogen-bond acceptors (Lipinski definition) is 4. The summed E-state index contributed by atoms with van der Waals surface area (Å²) in [5.41, 5.74) is -0.187. The molecule has 5 nitrogen and oxygen atoms in total. The molecule has 1 saturated carbocycles. The summed E-state index contributed by atoms with van der Waals surface area (Å²) in [4.78, 5) is 33.3. The van der Waals surface area contributed by atoms with Crippen LogP contribution < -0.4 is 4.90 Å². The zero-order chi connectivity index (χ0) is 12.4. The minimum absolute atomic E-state index is 0.151. The first-order valence-electron chi connectivity index (χ1n) is 5.30. The van der Waals surface area contributed by atoms with Crippen molar-refractivity contribution in [2.24, 2.45) is 17.3 Å². The number of hydrogen-bond donors (Lipinski definition) is 0. The Balaban J connectivity index is 1.95. The van der Waals surface area contributed by atoms with Gasteiger partial charge in [0, 0.05) is 0 Å². The van der Waals surface area contributed by atoms with Crippen LogP contribution in [0.3, 0.4) is 0 Å². The van der Waals surface area contributed by atoms with E-state index >= 15 is 0 Å². The summed E-state index contributed by atoms with van der Waals surface area (Å²) in [7, 11) is 0. The molecule has 2 heterocycles. The lowest BCUT2D eigenvalue weighted by atomic mass is 10.1. The van der Waals surface area contributed by atoms with E-state index < -0.39 is 0 Å². The van der Waals surface area contributed by atoms with Gasteiger partial charge in [0.15, 0.2) is 5.82 Å². The quantitative estimate of drug-likeness (QED) is 0.735. The maximum Gasteiger partial charge on any atom is 0.239 e. The molecule has 0 radical (unpaired) electrons. The number of anilines is 1. The fourth-order valence-electron chi connectivity index (χ4n) is 2.59. The standard InChI is InChI=1S/C11H10BrN3O2/c1-11(2)7-8(11)10(17)15(9(7)16)6-4-13-5(12)3-14-6/h3-4,7-8H,1-2H3. The van der Waals surface area contributed by atoms with Gasteiger partial charge in [0.05, 0.1) is 24.2 Å². The van der Waals surface area contributed by atoms with Crippen molar-refractivity contribution in [1.29, 1.82) is 0 Å². The van der Waals surface area contributed by atoms with Crippen molar-refractivity contribution in [3.8, 4) is 0 Å². The second kappa shape index (κ2) is 3.13. The number of halogens is 1. The Bertz CT molecular complexity index is 502. The van der Waals surface area contributed by atoms with Crippen LogP contribution in [0.5, 0.6) is 0 Å². The normalized spacial score (nSPS) is 29.5. The summed E-state index contributed by atoms with van der Waals surface area (Å²) in [6, 6.07) is 0. The van der Waals surface area contributed by atoms with Gasteiger partial charge < -0.3 is 0 Å². The molecule has 1 aromatic heterocycles. The van der Waals surface area contributed by atoms with Gasteiger partial charge in [-0.3, -0.25) is 9.59 Å². The molecule has 2 aliphatic rings. The van der Waals surface area contributed by atoms with Crippen LogP contribution in [0.1, 0.15) is 13.8 Å². The summed E-state index contributed by atoms with van der Waals surface area (Å²) in [5, 5.41) is 0. The molecule has 6 heteroatoms. The number of aromatic nitrogens is 2. The zero-order valence-electron chi connectivity index (χ0n) is 9.35. The van der Waals surface area contributed by atoms with Crippen LogP contribution in [0.25, 0.3) is 0 Å². The van der Waals surface area contributed by atoms with Gasteiger partial charge >= 0.3 is 0 Å². The molecule has 0 N–H and O–H groups in total. The van der Waals surface area contributed by atoms with Crippen molar-refractivity contribution in [1.82, 2.24) is 9.97 Å². The summed E-state index contributed by atoms with van der Waals surface area (Å²) < 4.78 is 0.575. The van der Waals surface area contributed by atoms with Crippen molar-refractivity contribution >= 4 is 33.6 Å². The molecular weight excluding hydrogens is 286 g/mol. The van der Waals surface area contributed by atoms with Crippen LogP contribution in [0.2, 0.25) is 0 Å². The fraction of sp³-hybridized carbons (Fsp3) is 0.455. The average molecular weight is 296 g/mol. The SMILES string of the molecule is CC1(C)C2C(=O)N(c3cnc(Br)cn3)C(=O)C21. The second-order valence-corrected chi connectivity index (χ2v) is 5.80. The molecule has 2 unspecified atom stereocenters. The molecule has 1 aliphatic carbocycles. The summed E-state index contributed by atoms with van der Waals surface area (Å²) in [6.45, 7) is 3.89. The Morgan fingerprint density at radius 1 is 1.18 bits per heavy atom. The Kier molecular flexibility index (Phi) is 1.99. The number of amides is 2. The van der Waals surface area contributed by atoms with E-state index in [1.807, 2.05) is 13.8 Å². The minimum atomic E-state index is -0.187. The molecule has 0 aromatic carbocycles. The van der Waals surface area contributed by atoms with Crippen molar-refractivity contribution in [2.75, 3.05) is 4.90 Å². The molecule has 17 heavy (non-hydrogen) atoms. The zero-order valence-corrected chi connectivity index (χ0v) is 10.9. The van der Waals surface area contributed by atoms with Gasteiger partial charge in [-0.15, -0.1) is 0 Å². The molecule has 2 atom stereocenters. The third-order valence-electron chi connectivity index (χ3n) is 3.64. The lowest BCUT2D eigenvalue weighted by molar-refractivity contribution is -0.125. The van der Waals surface area contributed by atoms with Gasteiger partial charge in [0.1, 0.15) is 4.60 Å². The molecule has 2 amide bonds. The predicted molar refractivity (Wildman–Crippen MR) is 63.0 cm³/mol. The Labute approximate surface area is 106 Å². The van der Waals surface area contributed by atoms with E-state index in [-0.39, 0.29) is 29.1 Å². The Morgan fingerprint density at radius 2 is 1.76 bits per heavy atom. The number of carbonyl (C=O) groups excluding carboxylic acids is 2. The molecule has 0 spiro atoms. The third kappa shape index (κ3) is 1.30. The maximum absolute atomic E-state index is 12.1. The van der Waals surface area contributed by atoms with Crippen LogP contribution in [-0.2, 0) is 9.59 Å². The van der Waals surface area contributed by atoms with E-state index in [2.05, 4.69) is 25.9 Å². The predicted octanol–water partition coefficient (Wildman–Crippen LogP) is 1.38. The van der Waals surface area contributed by atoms with Gasteiger partial charge in [-0.25, -0.2) is 14.9 Å². The molecule has 1 aliphatic heterocycles. The largest absolute Gasteiger partial charge is 0.274 e. The van der Waals surface area contributed by atoms with Gasteiger partial charge in [-0.1, -0.05) is 13.8 Å². The molecule has 1 saturated heterocycles. The van der Waals surface area contributed by atoms with Crippen LogP contribution in [-0.4, -0.2) is 21.8 Å². The van der Waals surface area contributed by atoms with Crippen molar-refractivity contribution < 1.29 is 9.59 Å². The lowest BCUT2D eigenvalue weighted by Crippen LogP contribution is -2.36. The number of imide groups is 1. The Morgan fingerprint density at radius 3 is 2.24 bits per heavy atom. The second-order valence-electron chi connectivity index (χ2n) is 4.99. The number of fused-ring (bicyclic) bond motifs is 1. The monoisotopic (exact) mass is 295 g/mol. The molecule has 3 rings (SSSR count). The summed E-state index contributed by atoms with van der Waals surface area (Å²) >= 11 is 3.16. The highest BCUT2D eigenvalue weighted by atomic mass is 79.9. The topological polar surface area (TPSA) is 63.2 Å². The van der Waals surface area contributed by atoms with E-state index in [0.717, 1.165) is 4.90 Å². The van der Waals surface area contributed by atoms with E-state index in [4.69, 9.17) is 0 Å². The van der Waals surface area contributed by atoms with E-state index in [9.17, 15) is 9.59 Å². The molecular formula is C11H10BrN3O2. The number of nitrogens with zero attached hydrogens (tertiary/aromatic N) is 3. The number of rotatable bonds is 1. The minimum Gasteiger partial charge on any atom is -0.274 e. The van der Waals surface area contributed by atoms with Gasteiger partial charge in [-0.05, 0) is 21.3 Å². The van der Waals surface area contributed by atoms with Crippen molar-refractivity contribution in [3.63, 3.8) is 0 Å². The van der Waals surface area contributed by atoms with Crippen LogP contribution in [0, 0.1) is 17.3 Å². The first kappa shape index (κ1) is 10.8. The van der Waals surface area contributed by atoms with E-state index in [1.54, 1.807) is 0 Å². The maximum atomic E-state index is 12.1. The highest BCUT2D eigenvalue weighted by Crippen LogP contribution is 2.63. The smallest absolute Gasteiger partial charge is 0.239 e. The summed E-state index contributed by atoms with van der Waals surface area (Å²) in [6.07, 6.45) is 2.91. The molecule has 88 valence electrons. The van der Waals surface area contributed by atoms with Gasteiger partial charge in [-0.2, -0.15) is 0 Å². The number of carbonyl (C=O) groups is 2. The molecule has 2 fully saturated rings. The summed E-state index contributed by atoms with van der Waals surface area (Å²) in [5.74, 6) is -0.352. The van der Waals surface area contributed by atoms with E-state index in [0.29, 0.717) is 10.4 Å². The lowest BCUT2D eigenvalue weighted by Gasteiger charge is -2.18. The first-order valence-corrected chi connectivity index (χ1v) is 6.09. The highest BCUT2D eigenvalue weighted by Gasteiger charge is 2.72. The third-order valence-corrected chi connectivity index (χ3v) is 4.05. The van der Waals surface area contributed by atoms with Crippen LogP contribution >= 0.6 is 15.9 Å². The van der Waals surface area contributed by atoms with Crippen molar-refractivity contribution in [3.05, 3.63) is 17.0 Å². The van der Waals surface area contributed by atoms with Crippen LogP contribution in [0.15, 0.2) is 17.0 Å². The molecule has 1 aromatic rings. The Hall–Kier alpha value is -1.30. The van der Waals surface area contributed by atoms with Gasteiger partial charge in [0.25, 0.3) is 0 Å². The number of piperidine rings is 1. The van der Waals surface area contributed by atoms with E-state index in [1.165, 1.54) is 12.4 Å².